The summed E-state index contributed by atoms with van der Waals surface area (Å²) in [7, 11) is 0. The number of hydrogen-bond acceptors (Lipinski definition) is 5. The number of benzene rings is 1. The van der Waals surface area contributed by atoms with E-state index in [2.05, 4.69) is 20.9 Å². The zero-order valence-electron chi connectivity index (χ0n) is 17.0. The summed E-state index contributed by atoms with van der Waals surface area (Å²) in [6.45, 7) is 2.16. The van der Waals surface area contributed by atoms with Crippen LogP contribution in [0.4, 0.5) is 0 Å². The summed E-state index contributed by atoms with van der Waals surface area (Å²) in [5, 5.41) is 0. The molecule has 3 aromatic rings. The molecule has 1 saturated carbocycles. The van der Waals surface area contributed by atoms with Crippen LogP contribution in [-0.2, 0) is 19.5 Å². The molecule has 154 valence electrons. The third-order valence-corrected chi connectivity index (χ3v) is 6.02. The SMILES string of the molecule is O=c1[nH]c(-c2ccccc2)nc2c1CN(Cc1cccnc1OC1CCCC1)CC2. The van der Waals surface area contributed by atoms with E-state index in [1.807, 2.05) is 36.4 Å². The fraction of sp³-hybridized carbons (Fsp3) is 0.375. The van der Waals surface area contributed by atoms with Crippen LogP contribution in [0.1, 0.15) is 42.5 Å². The highest BCUT2D eigenvalue weighted by molar-refractivity contribution is 5.54. The number of nitrogens with zero attached hydrogens (tertiary/aromatic N) is 3. The first-order valence-electron chi connectivity index (χ1n) is 10.8. The number of H-pyrrole nitrogens is 1. The highest BCUT2D eigenvalue weighted by atomic mass is 16.5. The van der Waals surface area contributed by atoms with E-state index in [-0.39, 0.29) is 11.7 Å². The van der Waals surface area contributed by atoms with Gasteiger partial charge in [-0.25, -0.2) is 9.97 Å². The molecular formula is C24H26N4O2. The van der Waals surface area contributed by atoms with Crippen LogP contribution in [0.15, 0.2) is 53.5 Å². The maximum Gasteiger partial charge on any atom is 0.255 e. The fourth-order valence-corrected chi connectivity index (χ4v) is 4.40. The molecule has 3 heterocycles. The minimum atomic E-state index is -0.0443. The summed E-state index contributed by atoms with van der Waals surface area (Å²) in [6, 6.07) is 13.8. The van der Waals surface area contributed by atoms with Crippen molar-refractivity contribution in [3.8, 4) is 17.3 Å². The molecule has 1 aliphatic carbocycles. The second-order valence-electron chi connectivity index (χ2n) is 8.16. The lowest BCUT2D eigenvalue weighted by molar-refractivity contribution is 0.190. The molecule has 5 rings (SSSR count). The molecule has 6 heteroatoms. The second-order valence-corrected chi connectivity index (χ2v) is 8.16. The molecular weight excluding hydrogens is 376 g/mol. The topological polar surface area (TPSA) is 71.1 Å². The van der Waals surface area contributed by atoms with Crippen molar-refractivity contribution in [3.63, 3.8) is 0 Å². The van der Waals surface area contributed by atoms with Gasteiger partial charge < -0.3 is 9.72 Å². The first-order chi connectivity index (χ1) is 14.8. The number of nitrogens with one attached hydrogen (secondary N) is 1. The summed E-state index contributed by atoms with van der Waals surface area (Å²) in [6.07, 6.45) is 7.52. The Morgan fingerprint density at radius 1 is 1.10 bits per heavy atom. The number of aromatic nitrogens is 3. The predicted molar refractivity (Wildman–Crippen MR) is 115 cm³/mol. The molecule has 30 heavy (non-hydrogen) atoms. The molecule has 1 fully saturated rings. The average molecular weight is 402 g/mol. The van der Waals surface area contributed by atoms with Crippen molar-refractivity contribution >= 4 is 0 Å². The number of pyridine rings is 1. The van der Waals surface area contributed by atoms with E-state index in [1.165, 1.54) is 12.8 Å². The van der Waals surface area contributed by atoms with Crippen molar-refractivity contribution in [2.75, 3.05) is 6.54 Å². The minimum Gasteiger partial charge on any atom is -0.474 e. The van der Waals surface area contributed by atoms with Gasteiger partial charge in [-0.1, -0.05) is 36.4 Å². The largest absolute Gasteiger partial charge is 0.474 e. The quantitative estimate of drug-likeness (QED) is 0.704. The summed E-state index contributed by atoms with van der Waals surface area (Å²) in [4.78, 5) is 27.3. The Balaban J connectivity index is 1.34. The van der Waals surface area contributed by atoms with E-state index in [0.29, 0.717) is 12.4 Å². The lowest BCUT2D eigenvalue weighted by atomic mass is 10.1. The van der Waals surface area contributed by atoms with Crippen LogP contribution >= 0.6 is 0 Å². The van der Waals surface area contributed by atoms with E-state index in [1.54, 1.807) is 6.20 Å². The first-order valence-corrected chi connectivity index (χ1v) is 10.8. The van der Waals surface area contributed by atoms with E-state index >= 15 is 0 Å². The molecule has 1 N–H and O–H groups in total. The first kappa shape index (κ1) is 19.0. The van der Waals surface area contributed by atoms with Gasteiger partial charge in [0.05, 0.1) is 11.3 Å². The smallest absolute Gasteiger partial charge is 0.255 e. The fourth-order valence-electron chi connectivity index (χ4n) is 4.40. The molecule has 0 atom stereocenters. The highest BCUT2D eigenvalue weighted by Crippen LogP contribution is 2.27. The molecule has 0 unspecified atom stereocenters. The second kappa shape index (κ2) is 8.40. The number of fused-ring (bicyclic) bond motifs is 1. The monoisotopic (exact) mass is 402 g/mol. The van der Waals surface area contributed by atoms with E-state index in [0.717, 1.165) is 60.6 Å². The van der Waals surface area contributed by atoms with Gasteiger partial charge in [0.2, 0.25) is 5.88 Å². The van der Waals surface area contributed by atoms with Crippen LogP contribution in [0.3, 0.4) is 0 Å². The molecule has 1 aliphatic heterocycles. The third kappa shape index (κ3) is 4.00. The van der Waals surface area contributed by atoms with Crippen LogP contribution in [0.2, 0.25) is 0 Å². The molecule has 2 aromatic heterocycles. The van der Waals surface area contributed by atoms with E-state index < -0.39 is 0 Å². The Kier molecular flexibility index (Phi) is 5.32. The standard InChI is InChI=1S/C24H26N4O2/c29-23-20-16-28(14-12-21(20)26-22(27-23)17-7-2-1-3-8-17)15-18-9-6-13-25-24(18)30-19-10-4-5-11-19/h1-3,6-9,13,19H,4-5,10-12,14-16H2,(H,26,27,29). The third-order valence-electron chi connectivity index (χ3n) is 6.02. The van der Waals surface area contributed by atoms with Gasteiger partial charge in [-0.05, 0) is 31.7 Å². The lowest BCUT2D eigenvalue weighted by Gasteiger charge is -2.28. The maximum atomic E-state index is 12.8. The number of rotatable bonds is 5. The normalized spacial score (nSPS) is 17.1. The van der Waals surface area contributed by atoms with Gasteiger partial charge in [-0.2, -0.15) is 0 Å². The van der Waals surface area contributed by atoms with Gasteiger partial charge in [-0.3, -0.25) is 9.69 Å². The average Bonchev–Trinajstić information content (AvgIpc) is 3.29. The van der Waals surface area contributed by atoms with Crippen LogP contribution in [0, 0.1) is 0 Å². The molecule has 6 nitrogen and oxygen atoms in total. The Hall–Kier alpha value is -2.99. The van der Waals surface area contributed by atoms with Gasteiger partial charge in [-0.15, -0.1) is 0 Å². The van der Waals surface area contributed by atoms with E-state index in [9.17, 15) is 4.79 Å². The van der Waals surface area contributed by atoms with Gasteiger partial charge in [0.15, 0.2) is 0 Å². The van der Waals surface area contributed by atoms with Crippen molar-refractivity contribution < 1.29 is 4.74 Å². The molecule has 0 radical (unpaired) electrons. The summed E-state index contributed by atoms with van der Waals surface area (Å²) < 4.78 is 6.19. The highest BCUT2D eigenvalue weighted by Gasteiger charge is 2.24. The van der Waals surface area contributed by atoms with Crippen molar-refractivity contribution in [1.82, 2.24) is 19.9 Å². The van der Waals surface area contributed by atoms with Crippen molar-refractivity contribution in [2.24, 2.45) is 0 Å². The Bertz CT molecular complexity index is 1070. The zero-order chi connectivity index (χ0) is 20.3. The van der Waals surface area contributed by atoms with Crippen LogP contribution in [-0.4, -0.2) is 32.5 Å². The lowest BCUT2D eigenvalue weighted by Crippen LogP contribution is -2.35. The molecule has 1 aromatic carbocycles. The molecule has 0 spiro atoms. The summed E-state index contributed by atoms with van der Waals surface area (Å²) in [5.41, 5.74) is 3.64. The van der Waals surface area contributed by atoms with Crippen molar-refractivity contribution in [2.45, 2.75) is 51.3 Å². The van der Waals surface area contributed by atoms with E-state index in [4.69, 9.17) is 9.72 Å². The number of hydrogen-bond donors (Lipinski definition) is 1. The molecule has 0 bridgehead atoms. The van der Waals surface area contributed by atoms with Crippen LogP contribution < -0.4 is 10.3 Å². The zero-order valence-corrected chi connectivity index (χ0v) is 17.0. The molecule has 0 saturated heterocycles. The Labute approximate surface area is 176 Å². The summed E-state index contributed by atoms with van der Waals surface area (Å²) >= 11 is 0. The van der Waals surface area contributed by atoms with Gasteiger partial charge >= 0.3 is 0 Å². The predicted octanol–water partition coefficient (Wildman–Crippen LogP) is 3.71. The molecule has 0 amide bonds. The van der Waals surface area contributed by atoms with Gasteiger partial charge in [0.1, 0.15) is 11.9 Å². The van der Waals surface area contributed by atoms with Crippen LogP contribution in [0.5, 0.6) is 5.88 Å². The number of aromatic amines is 1. The Morgan fingerprint density at radius 2 is 1.93 bits per heavy atom. The number of ether oxygens (including phenoxy) is 1. The maximum absolute atomic E-state index is 12.8. The van der Waals surface area contributed by atoms with Gasteiger partial charge in [0, 0.05) is 43.4 Å². The van der Waals surface area contributed by atoms with Crippen molar-refractivity contribution in [1.29, 1.82) is 0 Å². The van der Waals surface area contributed by atoms with Crippen LogP contribution in [0.25, 0.3) is 11.4 Å². The molecule has 2 aliphatic rings. The minimum absolute atomic E-state index is 0.0443. The Morgan fingerprint density at radius 3 is 2.77 bits per heavy atom. The van der Waals surface area contributed by atoms with Crippen molar-refractivity contribution in [3.05, 3.63) is 75.8 Å². The summed E-state index contributed by atoms with van der Waals surface area (Å²) in [5.74, 6) is 1.38. The van der Waals surface area contributed by atoms with Gasteiger partial charge in [0.25, 0.3) is 5.56 Å².